The van der Waals surface area contributed by atoms with Crippen LogP contribution < -0.4 is 0 Å². The zero-order valence-corrected chi connectivity index (χ0v) is 10.8. The van der Waals surface area contributed by atoms with Gasteiger partial charge in [0.2, 0.25) is 12.6 Å². The van der Waals surface area contributed by atoms with Crippen LogP contribution >= 0.6 is 0 Å². The molecule has 2 unspecified atom stereocenters. The van der Waals surface area contributed by atoms with Crippen LogP contribution in [0.3, 0.4) is 0 Å². The Morgan fingerprint density at radius 3 is 1.36 bits per heavy atom. The highest BCUT2D eigenvalue weighted by Gasteiger charge is 2.45. The first-order chi connectivity index (χ1) is 10.1. The fourth-order valence-electron chi connectivity index (χ4n) is 1.25. The van der Waals surface area contributed by atoms with Crippen molar-refractivity contribution in [3.05, 3.63) is 0 Å². The zero-order valence-electron chi connectivity index (χ0n) is 10.8. The fourth-order valence-corrected chi connectivity index (χ4v) is 1.25. The third-order valence-corrected chi connectivity index (χ3v) is 2.39. The predicted octanol–water partition coefficient (Wildman–Crippen LogP) is 2.52. The molecule has 0 aliphatic carbocycles. The van der Waals surface area contributed by atoms with E-state index in [2.05, 4.69) is 9.47 Å². The lowest BCUT2D eigenvalue weighted by atomic mass is 10.3. The van der Waals surface area contributed by atoms with Crippen LogP contribution in [0.15, 0.2) is 0 Å². The molecule has 4 nitrogen and oxygen atoms in total. The normalized spacial score (nSPS) is 24.3. The minimum absolute atomic E-state index is 0.212. The number of hydrogen-bond acceptors (Lipinski definition) is 4. The van der Waals surface area contributed by atoms with Crippen molar-refractivity contribution >= 4 is 0 Å². The smallest absolute Gasteiger partial charge is 0.330 e. The number of halogens is 8. The minimum atomic E-state index is -4.50. The van der Waals surface area contributed by atoms with Gasteiger partial charge in [-0.2, -0.15) is 17.6 Å². The van der Waals surface area contributed by atoms with Crippen LogP contribution in [0.4, 0.5) is 35.1 Å². The average Bonchev–Trinajstić information content (AvgIpc) is 2.43. The number of ether oxygens (including phenoxy) is 4. The van der Waals surface area contributed by atoms with Gasteiger partial charge in [0.05, 0.1) is 13.2 Å². The van der Waals surface area contributed by atoms with Gasteiger partial charge in [0.15, 0.2) is 0 Å². The molecule has 132 valence electrons. The Hall–Kier alpha value is -0.720. The molecule has 0 saturated carbocycles. The van der Waals surface area contributed by atoms with Gasteiger partial charge < -0.3 is 18.9 Å². The maximum absolute atomic E-state index is 12.7. The second-order valence-corrected chi connectivity index (χ2v) is 4.22. The van der Waals surface area contributed by atoms with Crippen molar-refractivity contribution in [3.63, 3.8) is 0 Å². The van der Waals surface area contributed by atoms with Crippen molar-refractivity contribution in [1.82, 2.24) is 0 Å². The van der Waals surface area contributed by atoms with Crippen molar-refractivity contribution in [1.29, 1.82) is 0 Å². The molecule has 0 N–H and O–H groups in total. The highest BCUT2D eigenvalue weighted by atomic mass is 19.3. The molecule has 0 aromatic rings. The van der Waals surface area contributed by atoms with E-state index < -0.39 is 50.5 Å². The molecule has 0 aromatic carbocycles. The quantitative estimate of drug-likeness (QED) is 0.632. The molecule has 1 saturated heterocycles. The second-order valence-electron chi connectivity index (χ2n) is 4.22. The molecular weight excluding hydrogens is 336 g/mol. The Kier molecular flexibility index (Phi) is 6.77. The first-order valence-electron chi connectivity index (χ1n) is 5.84. The summed E-state index contributed by atoms with van der Waals surface area (Å²) in [5, 5.41) is 0. The molecule has 1 fully saturated rings. The van der Waals surface area contributed by atoms with Gasteiger partial charge >= 0.3 is 24.7 Å². The van der Waals surface area contributed by atoms with Crippen molar-refractivity contribution in [2.75, 3.05) is 26.4 Å². The van der Waals surface area contributed by atoms with Crippen molar-refractivity contribution < 1.29 is 54.1 Å². The molecule has 1 rings (SSSR count). The summed E-state index contributed by atoms with van der Waals surface area (Å²) in [6.45, 7) is -4.00. The summed E-state index contributed by atoms with van der Waals surface area (Å²) in [4.78, 5) is 0. The Balaban J connectivity index is 2.53. The van der Waals surface area contributed by atoms with Crippen LogP contribution in [0.25, 0.3) is 0 Å². The lowest BCUT2D eigenvalue weighted by molar-refractivity contribution is -0.344. The summed E-state index contributed by atoms with van der Waals surface area (Å²) < 4.78 is 117. The van der Waals surface area contributed by atoms with E-state index in [1.807, 2.05) is 0 Å². The predicted molar refractivity (Wildman–Crippen MR) is 53.3 cm³/mol. The summed E-state index contributed by atoms with van der Waals surface area (Å²) in [7, 11) is 0. The van der Waals surface area contributed by atoms with E-state index in [0.29, 0.717) is 0 Å². The lowest BCUT2D eigenvalue weighted by Gasteiger charge is -2.32. The minimum Gasteiger partial charge on any atom is -0.346 e. The van der Waals surface area contributed by atoms with E-state index in [1.165, 1.54) is 0 Å². The molecule has 0 bridgehead atoms. The van der Waals surface area contributed by atoms with Gasteiger partial charge in [0, 0.05) is 0 Å². The molecule has 22 heavy (non-hydrogen) atoms. The van der Waals surface area contributed by atoms with Crippen LogP contribution in [0.2, 0.25) is 0 Å². The first kappa shape index (κ1) is 19.3. The van der Waals surface area contributed by atoms with E-state index in [1.54, 1.807) is 0 Å². The largest absolute Gasteiger partial charge is 0.346 e. The maximum atomic E-state index is 12.7. The van der Waals surface area contributed by atoms with Gasteiger partial charge in [-0.1, -0.05) is 0 Å². The van der Waals surface area contributed by atoms with E-state index in [4.69, 9.17) is 9.47 Å². The van der Waals surface area contributed by atoms with Gasteiger partial charge in [-0.05, 0) is 0 Å². The number of alkyl halides is 8. The van der Waals surface area contributed by atoms with E-state index >= 15 is 0 Å². The SMILES string of the molecule is FC(F)C(F)(F)COC1OCCOC1OCC(F)(F)C(F)F. The van der Waals surface area contributed by atoms with Crippen LogP contribution in [0.1, 0.15) is 0 Å². The zero-order chi connectivity index (χ0) is 17.0. The topological polar surface area (TPSA) is 36.9 Å². The highest BCUT2D eigenvalue weighted by Crippen LogP contribution is 2.27. The van der Waals surface area contributed by atoms with Crippen LogP contribution in [-0.2, 0) is 18.9 Å². The molecule has 0 radical (unpaired) electrons. The van der Waals surface area contributed by atoms with Crippen LogP contribution in [0.5, 0.6) is 0 Å². The summed E-state index contributed by atoms with van der Waals surface area (Å²) in [5.41, 5.74) is 0. The van der Waals surface area contributed by atoms with E-state index in [9.17, 15) is 35.1 Å². The molecule has 1 aliphatic heterocycles. The maximum Gasteiger partial charge on any atom is 0.330 e. The lowest BCUT2D eigenvalue weighted by Crippen LogP contribution is -2.47. The summed E-state index contributed by atoms with van der Waals surface area (Å²) in [6.07, 6.45) is -11.7. The van der Waals surface area contributed by atoms with Crippen LogP contribution in [-0.4, -0.2) is 63.7 Å². The van der Waals surface area contributed by atoms with E-state index in [-0.39, 0.29) is 13.2 Å². The van der Waals surface area contributed by atoms with Gasteiger partial charge in [0.25, 0.3) is 0 Å². The van der Waals surface area contributed by atoms with E-state index in [0.717, 1.165) is 0 Å². The average molecular weight is 348 g/mol. The van der Waals surface area contributed by atoms with Gasteiger partial charge in [-0.3, -0.25) is 0 Å². The Morgan fingerprint density at radius 2 is 1.09 bits per heavy atom. The third kappa shape index (κ3) is 5.48. The van der Waals surface area contributed by atoms with Crippen molar-refractivity contribution in [3.8, 4) is 0 Å². The second kappa shape index (κ2) is 7.70. The van der Waals surface area contributed by atoms with Gasteiger partial charge in [0.1, 0.15) is 13.2 Å². The molecular formula is C10H12F8O4. The monoisotopic (exact) mass is 348 g/mol. The molecule has 1 heterocycles. The van der Waals surface area contributed by atoms with Crippen molar-refractivity contribution in [2.24, 2.45) is 0 Å². The summed E-state index contributed by atoms with van der Waals surface area (Å²) in [6, 6.07) is 0. The van der Waals surface area contributed by atoms with Crippen LogP contribution in [0, 0.1) is 0 Å². The molecule has 2 atom stereocenters. The highest BCUT2D eigenvalue weighted by molar-refractivity contribution is 4.71. The number of rotatable bonds is 8. The third-order valence-electron chi connectivity index (χ3n) is 2.39. The van der Waals surface area contributed by atoms with Gasteiger partial charge in [-0.25, -0.2) is 17.6 Å². The molecule has 12 heteroatoms. The first-order valence-corrected chi connectivity index (χ1v) is 5.84. The molecule has 0 amide bonds. The van der Waals surface area contributed by atoms with Gasteiger partial charge in [-0.15, -0.1) is 0 Å². The number of hydrogen-bond donors (Lipinski definition) is 0. The Labute approximate surface area is 119 Å². The molecule has 1 aliphatic rings. The van der Waals surface area contributed by atoms with Crippen molar-refractivity contribution in [2.45, 2.75) is 37.3 Å². The standard InChI is InChI=1S/C10H12F8O4/c11-7(12)9(15,16)3-21-5-6(20-2-1-19-5)22-4-10(17,18)8(13)14/h5-8H,1-4H2. The summed E-state index contributed by atoms with van der Waals surface area (Å²) >= 11 is 0. The fraction of sp³-hybridized carbons (Fsp3) is 1.00. The molecule has 0 spiro atoms. The Morgan fingerprint density at radius 1 is 0.773 bits per heavy atom. The molecule has 0 aromatic heterocycles. The summed E-state index contributed by atoms with van der Waals surface area (Å²) in [5.74, 6) is -9.00. The Bertz CT molecular complexity index is 309.